The number of halogens is 1. The van der Waals surface area contributed by atoms with E-state index in [0.29, 0.717) is 23.1 Å². The van der Waals surface area contributed by atoms with Gasteiger partial charge in [-0.25, -0.2) is 8.42 Å². The third-order valence-electron chi connectivity index (χ3n) is 4.64. The Morgan fingerprint density at radius 3 is 2.69 bits per heavy atom. The van der Waals surface area contributed by atoms with Crippen molar-refractivity contribution in [2.75, 3.05) is 24.3 Å². The average molecular weight is 438 g/mol. The van der Waals surface area contributed by atoms with Crippen LogP contribution in [0, 0.1) is 6.92 Å². The topological polar surface area (TPSA) is 81.7 Å². The number of nitrogens with one attached hydrogen (secondary N) is 1. The number of carbonyl (C=O) groups is 1. The minimum absolute atomic E-state index is 0.0360. The highest BCUT2D eigenvalue weighted by Crippen LogP contribution is 2.29. The fourth-order valence-corrected chi connectivity index (χ4v) is 4.40. The molecule has 8 heteroatoms. The molecule has 1 fully saturated rings. The molecule has 2 aromatic carbocycles. The van der Waals surface area contributed by atoms with Crippen molar-refractivity contribution in [3.63, 3.8) is 0 Å². The highest BCUT2D eigenvalue weighted by atomic mass is 35.5. The van der Waals surface area contributed by atoms with Gasteiger partial charge in [-0.15, -0.1) is 0 Å². The molecule has 0 aliphatic carbocycles. The summed E-state index contributed by atoms with van der Waals surface area (Å²) in [5.74, 6) is -0.237. The first-order valence-corrected chi connectivity index (χ1v) is 11.5. The molecule has 29 heavy (non-hydrogen) atoms. The molecule has 0 saturated carbocycles. The summed E-state index contributed by atoms with van der Waals surface area (Å²) in [6.07, 6.45) is 1.81. The van der Waals surface area contributed by atoms with Gasteiger partial charge in [0.2, 0.25) is 5.91 Å². The molecule has 0 aromatic heterocycles. The highest BCUT2D eigenvalue weighted by Gasteiger charge is 2.19. The van der Waals surface area contributed by atoms with Gasteiger partial charge in [0.1, 0.15) is 12.4 Å². The van der Waals surface area contributed by atoms with Crippen molar-refractivity contribution in [1.82, 2.24) is 0 Å². The fraction of sp³-hybridized carbons (Fsp3) is 0.381. The number of carbonyl (C=O) groups excluding carboxylic acids is 1. The Morgan fingerprint density at radius 2 is 2.00 bits per heavy atom. The van der Waals surface area contributed by atoms with Gasteiger partial charge in [0.25, 0.3) is 0 Å². The molecule has 1 unspecified atom stereocenters. The number of anilines is 1. The lowest BCUT2D eigenvalue weighted by atomic mass is 10.2. The van der Waals surface area contributed by atoms with Crippen LogP contribution < -0.4 is 10.1 Å². The second kappa shape index (κ2) is 9.61. The second-order valence-electron chi connectivity index (χ2n) is 7.02. The van der Waals surface area contributed by atoms with E-state index in [1.807, 2.05) is 6.92 Å². The van der Waals surface area contributed by atoms with Crippen molar-refractivity contribution in [3.05, 3.63) is 53.1 Å². The lowest BCUT2D eigenvalue weighted by molar-refractivity contribution is -0.115. The summed E-state index contributed by atoms with van der Waals surface area (Å²) in [5.41, 5.74) is 1.38. The molecule has 1 N–H and O–H groups in total. The molecule has 1 aliphatic rings. The molecular weight excluding hydrogens is 414 g/mol. The maximum Gasteiger partial charge on any atom is 0.225 e. The van der Waals surface area contributed by atoms with Gasteiger partial charge in [-0.3, -0.25) is 4.79 Å². The van der Waals surface area contributed by atoms with Gasteiger partial charge in [-0.2, -0.15) is 0 Å². The summed E-state index contributed by atoms with van der Waals surface area (Å²) in [5, 5.41) is 3.15. The molecule has 6 nitrogen and oxygen atoms in total. The number of hydrogen-bond acceptors (Lipinski definition) is 5. The predicted octanol–water partition coefficient (Wildman–Crippen LogP) is 4.01. The van der Waals surface area contributed by atoms with Crippen molar-refractivity contribution < 1.29 is 22.7 Å². The van der Waals surface area contributed by atoms with E-state index >= 15 is 0 Å². The minimum atomic E-state index is -3.54. The van der Waals surface area contributed by atoms with Crippen molar-refractivity contribution in [3.8, 4) is 5.75 Å². The molecule has 156 valence electrons. The summed E-state index contributed by atoms with van der Waals surface area (Å²) in [7, 11) is -3.54. The summed E-state index contributed by atoms with van der Waals surface area (Å²) < 4.78 is 36.2. The van der Waals surface area contributed by atoms with Crippen molar-refractivity contribution in [2.45, 2.75) is 37.2 Å². The van der Waals surface area contributed by atoms with Crippen LogP contribution in [0.5, 0.6) is 5.75 Å². The number of benzene rings is 2. The maximum absolute atomic E-state index is 12.4. The van der Waals surface area contributed by atoms with Crippen molar-refractivity contribution >= 4 is 33.0 Å². The molecule has 0 bridgehead atoms. The molecule has 1 heterocycles. The molecule has 1 atom stereocenters. The smallest absolute Gasteiger partial charge is 0.225 e. The second-order valence-corrected chi connectivity index (χ2v) is 9.56. The van der Waals surface area contributed by atoms with Gasteiger partial charge in [-0.05, 0) is 50.1 Å². The minimum Gasteiger partial charge on any atom is -0.489 e. The molecule has 1 amide bonds. The van der Waals surface area contributed by atoms with Crippen molar-refractivity contribution in [1.29, 1.82) is 0 Å². The van der Waals surface area contributed by atoms with E-state index in [1.165, 1.54) is 0 Å². The predicted molar refractivity (Wildman–Crippen MR) is 112 cm³/mol. The number of amides is 1. The zero-order chi connectivity index (χ0) is 20.9. The van der Waals surface area contributed by atoms with E-state index in [9.17, 15) is 13.2 Å². The van der Waals surface area contributed by atoms with E-state index in [2.05, 4.69) is 5.32 Å². The Bertz CT molecular complexity index is 954. The SMILES string of the molecule is Cc1ccc(S(=O)(=O)CCC(=O)Nc2cc(Cl)ccc2OCC2CCCO2)cc1. The Kier molecular flexibility index (Phi) is 7.16. The van der Waals surface area contributed by atoms with E-state index in [0.717, 1.165) is 25.0 Å². The number of hydrogen-bond donors (Lipinski definition) is 1. The third-order valence-corrected chi connectivity index (χ3v) is 6.61. The van der Waals surface area contributed by atoms with Crippen LogP contribution in [0.3, 0.4) is 0 Å². The van der Waals surface area contributed by atoms with Gasteiger partial charge in [0, 0.05) is 18.1 Å². The number of sulfone groups is 1. The maximum atomic E-state index is 12.4. The van der Waals surface area contributed by atoms with E-state index < -0.39 is 15.7 Å². The molecule has 1 saturated heterocycles. The first-order valence-electron chi connectivity index (χ1n) is 9.47. The van der Waals surface area contributed by atoms with Crippen LogP contribution in [-0.2, 0) is 19.4 Å². The zero-order valence-electron chi connectivity index (χ0n) is 16.2. The van der Waals surface area contributed by atoms with Crippen LogP contribution in [0.15, 0.2) is 47.4 Å². The Balaban J connectivity index is 1.60. The lowest BCUT2D eigenvalue weighted by Crippen LogP contribution is -2.19. The van der Waals surface area contributed by atoms with Crippen molar-refractivity contribution in [2.24, 2.45) is 0 Å². The number of aryl methyl sites for hydroxylation is 1. The fourth-order valence-electron chi connectivity index (χ4n) is 2.99. The van der Waals surface area contributed by atoms with Gasteiger partial charge < -0.3 is 14.8 Å². The molecule has 3 rings (SSSR count). The van der Waals surface area contributed by atoms with Crippen LogP contribution in [-0.4, -0.2) is 39.4 Å². The van der Waals surface area contributed by atoms with Gasteiger partial charge in [0.05, 0.1) is 22.4 Å². The van der Waals surface area contributed by atoms with Crippen LogP contribution in [0.2, 0.25) is 5.02 Å². The third kappa shape index (κ3) is 6.19. The molecule has 0 spiro atoms. The van der Waals surface area contributed by atoms with Crippen LogP contribution >= 0.6 is 11.6 Å². The molecule has 1 aliphatic heterocycles. The summed E-state index contributed by atoms with van der Waals surface area (Å²) in [6.45, 7) is 2.99. The van der Waals surface area contributed by atoms with Crippen LogP contribution in [0.1, 0.15) is 24.8 Å². The van der Waals surface area contributed by atoms with Gasteiger partial charge in [-0.1, -0.05) is 29.3 Å². The van der Waals surface area contributed by atoms with Crippen LogP contribution in [0.25, 0.3) is 0 Å². The standard InChI is InChI=1S/C21H24ClNO5S/c1-15-4-7-18(8-5-15)29(25,26)12-10-21(24)23-19-13-16(22)6-9-20(19)28-14-17-3-2-11-27-17/h4-9,13,17H,2-3,10-12,14H2,1H3,(H,23,24). The first kappa shape index (κ1) is 21.6. The highest BCUT2D eigenvalue weighted by molar-refractivity contribution is 7.91. The van der Waals surface area contributed by atoms with E-state index in [1.54, 1.807) is 42.5 Å². The molecular formula is C21H24ClNO5S. The Morgan fingerprint density at radius 1 is 1.24 bits per heavy atom. The summed E-state index contributed by atoms with van der Waals surface area (Å²) >= 11 is 6.04. The normalized spacial score (nSPS) is 16.6. The van der Waals surface area contributed by atoms with E-state index in [-0.39, 0.29) is 23.2 Å². The first-order chi connectivity index (χ1) is 13.8. The monoisotopic (exact) mass is 437 g/mol. The largest absolute Gasteiger partial charge is 0.489 e. The van der Waals surface area contributed by atoms with E-state index in [4.69, 9.17) is 21.1 Å². The Hall–Kier alpha value is -2.09. The zero-order valence-corrected chi connectivity index (χ0v) is 17.8. The molecule has 0 radical (unpaired) electrons. The average Bonchev–Trinajstić information content (AvgIpc) is 3.20. The summed E-state index contributed by atoms with van der Waals surface area (Å²) in [4.78, 5) is 12.6. The van der Waals surface area contributed by atoms with Gasteiger partial charge in [0.15, 0.2) is 9.84 Å². The van der Waals surface area contributed by atoms with Gasteiger partial charge >= 0.3 is 0 Å². The lowest BCUT2D eigenvalue weighted by Gasteiger charge is -2.15. The summed E-state index contributed by atoms with van der Waals surface area (Å²) in [6, 6.07) is 11.5. The number of rotatable bonds is 8. The number of ether oxygens (including phenoxy) is 2. The van der Waals surface area contributed by atoms with Crippen LogP contribution in [0.4, 0.5) is 5.69 Å². The Labute approximate surface area is 176 Å². The molecule has 2 aromatic rings. The quantitative estimate of drug-likeness (QED) is 0.674.